The average Bonchev–Trinajstić information content (AvgIpc) is 3.49. The molecule has 2 amide bonds. The Hall–Kier alpha value is -4.99. The van der Waals surface area contributed by atoms with Gasteiger partial charge < -0.3 is 30.1 Å². The third kappa shape index (κ3) is 5.16. The maximum Gasteiger partial charge on any atom is 0.284 e. The van der Waals surface area contributed by atoms with Crippen molar-refractivity contribution in [1.82, 2.24) is 10.2 Å². The number of benzene rings is 3. The normalized spacial score (nSPS) is 15.3. The molecule has 0 saturated carbocycles. The number of phenolic OH excluding ortho intramolecular Hbond substituents is 1. The lowest BCUT2D eigenvalue weighted by molar-refractivity contribution is -0.120. The van der Waals surface area contributed by atoms with Crippen molar-refractivity contribution < 1.29 is 24.2 Å². The van der Waals surface area contributed by atoms with Crippen molar-refractivity contribution in [2.45, 2.75) is 26.8 Å². The van der Waals surface area contributed by atoms with Crippen LogP contribution < -0.4 is 25.0 Å². The number of imide groups is 1. The van der Waals surface area contributed by atoms with Gasteiger partial charge in [-0.25, -0.2) is 4.90 Å². The summed E-state index contributed by atoms with van der Waals surface area (Å²) in [5.41, 5.74) is 1.37. The van der Waals surface area contributed by atoms with Gasteiger partial charge in [-0.15, -0.1) is 0 Å². The second-order valence-electron chi connectivity index (χ2n) is 11.2. The summed E-state index contributed by atoms with van der Waals surface area (Å²) in [5.74, 6) is 0.0259. The predicted octanol–water partition coefficient (Wildman–Crippen LogP) is 4.58. The topological polar surface area (TPSA) is 127 Å². The Labute approximate surface area is 238 Å². The van der Waals surface area contributed by atoms with E-state index in [4.69, 9.17) is 14.9 Å². The molecule has 3 aromatic carbocycles. The molecule has 0 spiro atoms. The summed E-state index contributed by atoms with van der Waals surface area (Å²) in [6, 6.07) is 18.7. The SMILES string of the molecule is CN(C)C(=N)c1cccc(NC2=C(N[C@@H](c3ccc4c(c3)OCO4)C(C)(C)C)C(=O)N(c3ccccc3)C2=O)c1O. The van der Waals surface area contributed by atoms with E-state index in [0.29, 0.717) is 17.2 Å². The number of amides is 2. The molecule has 3 aromatic rings. The van der Waals surface area contributed by atoms with Crippen molar-refractivity contribution in [2.24, 2.45) is 5.41 Å². The van der Waals surface area contributed by atoms with E-state index in [9.17, 15) is 14.7 Å². The lowest BCUT2D eigenvalue weighted by Gasteiger charge is -2.33. The summed E-state index contributed by atoms with van der Waals surface area (Å²) in [6.45, 7) is 6.22. The Balaban J connectivity index is 1.60. The number of carbonyl (C=O) groups is 2. The monoisotopic (exact) mass is 555 g/mol. The zero-order valence-electron chi connectivity index (χ0n) is 23.6. The average molecular weight is 556 g/mol. The number of para-hydroxylation sites is 2. The molecule has 2 heterocycles. The number of fused-ring (bicyclic) bond motifs is 1. The minimum Gasteiger partial charge on any atom is -0.505 e. The number of nitrogens with zero attached hydrogens (tertiary/aromatic N) is 2. The van der Waals surface area contributed by atoms with Gasteiger partial charge in [0.05, 0.1) is 23.0 Å². The van der Waals surface area contributed by atoms with Crippen LogP contribution in [-0.4, -0.2) is 48.5 Å². The molecule has 5 rings (SSSR count). The zero-order valence-corrected chi connectivity index (χ0v) is 23.6. The lowest BCUT2D eigenvalue weighted by atomic mass is 9.82. The molecule has 1 atom stereocenters. The van der Waals surface area contributed by atoms with E-state index in [2.05, 4.69) is 10.6 Å². The van der Waals surface area contributed by atoms with Gasteiger partial charge in [0.2, 0.25) is 6.79 Å². The van der Waals surface area contributed by atoms with Gasteiger partial charge in [-0.3, -0.25) is 15.0 Å². The van der Waals surface area contributed by atoms with E-state index in [1.165, 1.54) is 0 Å². The predicted molar refractivity (Wildman–Crippen MR) is 156 cm³/mol. The number of phenols is 1. The number of carbonyl (C=O) groups excluding carboxylic acids is 2. The van der Waals surface area contributed by atoms with Gasteiger partial charge in [0.15, 0.2) is 11.5 Å². The van der Waals surface area contributed by atoms with Crippen molar-refractivity contribution >= 4 is 29.0 Å². The number of aromatic hydroxyl groups is 1. The summed E-state index contributed by atoms with van der Waals surface area (Å²) in [7, 11) is 3.40. The molecule has 2 aliphatic rings. The number of ether oxygens (including phenoxy) is 2. The molecule has 0 aliphatic carbocycles. The van der Waals surface area contributed by atoms with Crippen molar-refractivity contribution in [3.05, 3.63) is 89.3 Å². The third-order valence-electron chi connectivity index (χ3n) is 6.98. The Bertz CT molecular complexity index is 1560. The van der Waals surface area contributed by atoms with Crippen molar-refractivity contribution in [1.29, 1.82) is 5.41 Å². The summed E-state index contributed by atoms with van der Waals surface area (Å²) < 4.78 is 11.1. The van der Waals surface area contributed by atoms with Crippen LogP contribution in [0.3, 0.4) is 0 Å². The lowest BCUT2D eigenvalue weighted by Crippen LogP contribution is -2.37. The van der Waals surface area contributed by atoms with E-state index in [1.807, 2.05) is 39.0 Å². The molecule has 0 fully saturated rings. The molecule has 0 unspecified atom stereocenters. The largest absolute Gasteiger partial charge is 0.505 e. The molecule has 0 saturated heterocycles. The second kappa shape index (κ2) is 10.5. The van der Waals surface area contributed by atoms with E-state index >= 15 is 0 Å². The fraction of sp³-hybridized carbons (Fsp3) is 0.258. The smallest absolute Gasteiger partial charge is 0.284 e. The standard InChI is InChI=1S/C31H33N5O5/c1-31(2,3)27(18-14-15-22-23(16-18)41-17-40-22)34-25-24(29(38)36(30(25)39)19-10-7-6-8-11-19)33-21-13-9-12-20(26(21)37)28(32)35(4)5/h6-16,27,32-34,37H,17H2,1-5H3/t27-/m0/s1. The van der Waals surface area contributed by atoms with Gasteiger partial charge >= 0.3 is 0 Å². The van der Waals surface area contributed by atoms with E-state index < -0.39 is 23.3 Å². The highest BCUT2D eigenvalue weighted by molar-refractivity contribution is 6.33. The highest BCUT2D eigenvalue weighted by Crippen LogP contribution is 2.41. The molecule has 0 radical (unpaired) electrons. The van der Waals surface area contributed by atoms with Crippen molar-refractivity contribution in [3.63, 3.8) is 0 Å². The van der Waals surface area contributed by atoms with Crippen LogP contribution in [0, 0.1) is 10.8 Å². The van der Waals surface area contributed by atoms with Crippen molar-refractivity contribution in [2.75, 3.05) is 31.1 Å². The molecule has 0 aromatic heterocycles. The molecule has 212 valence electrons. The quantitative estimate of drug-likeness (QED) is 0.144. The van der Waals surface area contributed by atoms with Crippen LogP contribution in [0.25, 0.3) is 0 Å². The van der Waals surface area contributed by atoms with Gasteiger partial charge in [0.25, 0.3) is 11.8 Å². The Kier molecular flexibility index (Phi) is 7.08. The number of hydrogen-bond donors (Lipinski definition) is 4. The summed E-state index contributed by atoms with van der Waals surface area (Å²) in [5, 5.41) is 25.8. The van der Waals surface area contributed by atoms with Gasteiger partial charge in [-0.2, -0.15) is 0 Å². The highest BCUT2D eigenvalue weighted by Gasteiger charge is 2.42. The fourth-order valence-corrected chi connectivity index (χ4v) is 4.84. The molecule has 4 N–H and O–H groups in total. The number of hydrogen-bond acceptors (Lipinski definition) is 8. The van der Waals surface area contributed by atoms with Crippen LogP contribution >= 0.6 is 0 Å². The van der Waals surface area contributed by atoms with E-state index in [-0.39, 0.29) is 41.0 Å². The Morgan fingerprint density at radius 3 is 2.32 bits per heavy atom. The second-order valence-corrected chi connectivity index (χ2v) is 11.2. The Morgan fingerprint density at radius 2 is 1.63 bits per heavy atom. The van der Waals surface area contributed by atoms with Crippen molar-refractivity contribution in [3.8, 4) is 17.2 Å². The van der Waals surface area contributed by atoms with Crippen LogP contribution in [0.2, 0.25) is 0 Å². The summed E-state index contributed by atoms with van der Waals surface area (Å²) >= 11 is 0. The van der Waals surface area contributed by atoms with Crippen LogP contribution in [0.5, 0.6) is 17.2 Å². The minimum atomic E-state index is -0.575. The molecular formula is C31H33N5O5. The van der Waals surface area contributed by atoms with Crippen LogP contribution in [0.1, 0.15) is 37.9 Å². The number of anilines is 2. The van der Waals surface area contributed by atoms with Gasteiger partial charge in [-0.05, 0) is 47.4 Å². The van der Waals surface area contributed by atoms with Gasteiger partial charge in [-0.1, -0.05) is 51.1 Å². The number of rotatable bonds is 7. The minimum absolute atomic E-state index is 0.0160. The van der Waals surface area contributed by atoms with E-state index in [0.717, 1.165) is 10.5 Å². The first-order valence-electron chi connectivity index (χ1n) is 13.2. The summed E-state index contributed by atoms with van der Waals surface area (Å²) in [6.07, 6.45) is 0. The first-order valence-corrected chi connectivity index (χ1v) is 13.2. The maximum absolute atomic E-state index is 13.9. The van der Waals surface area contributed by atoms with Gasteiger partial charge in [0.1, 0.15) is 23.0 Å². The molecule has 2 aliphatic heterocycles. The zero-order chi connectivity index (χ0) is 29.5. The molecule has 41 heavy (non-hydrogen) atoms. The molecule has 10 nitrogen and oxygen atoms in total. The molecular weight excluding hydrogens is 522 g/mol. The third-order valence-corrected chi connectivity index (χ3v) is 6.98. The Morgan fingerprint density at radius 1 is 0.951 bits per heavy atom. The summed E-state index contributed by atoms with van der Waals surface area (Å²) in [4.78, 5) is 30.5. The van der Waals surface area contributed by atoms with Crippen LogP contribution in [0.15, 0.2) is 78.1 Å². The first-order chi connectivity index (χ1) is 19.5. The van der Waals surface area contributed by atoms with Crippen LogP contribution in [0.4, 0.5) is 11.4 Å². The number of nitrogens with one attached hydrogen (secondary N) is 3. The molecule has 10 heteroatoms. The van der Waals surface area contributed by atoms with Gasteiger partial charge in [0, 0.05) is 14.1 Å². The molecule has 0 bridgehead atoms. The first kappa shape index (κ1) is 27.6. The van der Waals surface area contributed by atoms with Crippen LogP contribution in [-0.2, 0) is 9.59 Å². The number of amidine groups is 1. The fourth-order valence-electron chi connectivity index (χ4n) is 4.84. The van der Waals surface area contributed by atoms with E-state index in [1.54, 1.807) is 67.5 Å². The maximum atomic E-state index is 13.9. The highest BCUT2D eigenvalue weighted by atomic mass is 16.7.